The standard InChI is InChI=1S/C31H25FN2O3S/c1-37-25-16-12-22(13-17-25)19-33-30(35)23-14-10-21(11-15-23)18-29-31(36)34(20-24-6-2-3-7-26(24)32)27-8-4-5-9-28(27)38-29/h2-18H,19-20H2,1H3,(H,33,35)/b29-18-. The molecule has 0 spiro atoms. The van der Waals surface area contributed by atoms with E-state index in [0.29, 0.717) is 22.6 Å². The molecule has 1 aliphatic heterocycles. The third-order valence-corrected chi connectivity index (χ3v) is 7.28. The van der Waals surface area contributed by atoms with Gasteiger partial charge in [-0.2, -0.15) is 0 Å². The minimum absolute atomic E-state index is 0.133. The van der Waals surface area contributed by atoms with Crippen LogP contribution in [-0.4, -0.2) is 18.9 Å². The van der Waals surface area contributed by atoms with Gasteiger partial charge in [-0.15, -0.1) is 0 Å². The molecule has 0 fully saturated rings. The molecule has 0 bridgehead atoms. The second kappa shape index (κ2) is 11.4. The van der Waals surface area contributed by atoms with E-state index in [0.717, 1.165) is 27.5 Å². The molecular weight excluding hydrogens is 499 g/mol. The van der Waals surface area contributed by atoms with E-state index in [9.17, 15) is 14.0 Å². The number of nitrogens with zero attached hydrogens (tertiary/aromatic N) is 1. The van der Waals surface area contributed by atoms with E-state index in [-0.39, 0.29) is 24.2 Å². The maximum absolute atomic E-state index is 14.4. The first kappa shape index (κ1) is 25.3. The van der Waals surface area contributed by atoms with Crippen molar-refractivity contribution in [1.29, 1.82) is 0 Å². The van der Waals surface area contributed by atoms with Gasteiger partial charge in [0.25, 0.3) is 11.8 Å². The number of carbonyl (C=O) groups excluding carboxylic acids is 2. The van der Waals surface area contributed by atoms with Gasteiger partial charge < -0.3 is 15.0 Å². The van der Waals surface area contributed by atoms with Crippen LogP contribution in [0.5, 0.6) is 5.75 Å². The van der Waals surface area contributed by atoms with Crippen molar-refractivity contribution in [3.8, 4) is 5.75 Å². The lowest BCUT2D eigenvalue weighted by atomic mass is 10.1. The summed E-state index contributed by atoms with van der Waals surface area (Å²) in [6.07, 6.45) is 1.80. The molecule has 0 atom stereocenters. The molecule has 4 aromatic carbocycles. The van der Waals surface area contributed by atoms with Gasteiger partial charge in [0, 0.05) is 22.6 Å². The zero-order chi connectivity index (χ0) is 26.5. The van der Waals surface area contributed by atoms with Gasteiger partial charge in [-0.1, -0.05) is 66.4 Å². The monoisotopic (exact) mass is 524 g/mol. The number of para-hydroxylation sites is 1. The second-order valence-corrected chi connectivity index (χ2v) is 9.80. The number of carbonyl (C=O) groups is 2. The van der Waals surface area contributed by atoms with Gasteiger partial charge in [-0.05, 0) is 59.7 Å². The summed E-state index contributed by atoms with van der Waals surface area (Å²) in [5, 5.41) is 2.91. The molecular formula is C31H25FN2O3S. The molecule has 0 aromatic heterocycles. The van der Waals surface area contributed by atoms with E-state index in [1.54, 1.807) is 48.4 Å². The van der Waals surface area contributed by atoms with Crippen LogP contribution in [0.2, 0.25) is 0 Å². The van der Waals surface area contributed by atoms with Crippen LogP contribution in [0, 0.1) is 5.82 Å². The van der Waals surface area contributed by atoms with Crippen LogP contribution in [0.15, 0.2) is 107 Å². The summed E-state index contributed by atoms with van der Waals surface area (Å²) in [4.78, 5) is 29.2. The number of nitrogens with one attached hydrogen (secondary N) is 1. The van der Waals surface area contributed by atoms with E-state index in [1.165, 1.54) is 17.8 Å². The number of methoxy groups -OCH3 is 1. The predicted octanol–water partition coefficient (Wildman–Crippen LogP) is 6.44. The van der Waals surface area contributed by atoms with Crippen molar-refractivity contribution >= 4 is 35.3 Å². The Morgan fingerprint density at radius 2 is 1.66 bits per heavy atom. The summed E-state index contributed by atoms with van der Waals surface area (Å²) in [6, 6.07) is 28.7. The number of amides is 2. The normalized spacial score (nSPS) is 13.8. The smallest absolute Gasteiger partial charge is 0.265 e. The van der Waals surface area contributed by atoms with Gasteiger partial charge in [-0.3, -0.25) is 9.59 Å². The highest BCUT2D eigenvalue weighted by Gasteiger charge is 2.29. The Hall–Kier alpha value is -4.36. The number of benzene rings is 4. The molecule has 0 saturated heterocycles. The Kier molecular flexibility index (Phi) is 7.56. The van der Waals surface area contributed by atoms with Gasteiger partial charge in [0.1, 0.15) is 11.6 Å². The van der Waals surface area contributed by atoms with E-state index < -0.39 is 0 Å². The van der Waals surface area contributed by atoms with E-state index in [4.69, 9.17) is 4.74 Å². The average molecular weight is 525 g/mol. The maximum atomic E-state index is 14.4. The fourth-order valence-electron chi connectivity index (χ4n) is 4.13. The van der Waals surface area contributed by atoms with E-state index >= 15 is 0 Å². The number of thioether (sulfide) groups is 1. The first-order chi connectivity index (χ1) is 18.5. The zero-order valence-electron chi connectivity index (χ0n) is 20.7. The van der Waals surface area contributed by atoms with Crippen LogP contribution in [0.4, 0.5) is 10.1 Å². The molecule has 38 heavy (non-hydrogen) atoms. The van der Waals surface area contributed by atoms with Crippen molar-refractivity contribution in [3.63, 3.8) is 0 Å². The number of fused-ring (bicyclic) bond motifs is 1. The fourth-order valence-corrected chi connectivity index (χ4v) is 5.18. The summed E-state index contributed by atoms with van der Waals surface area (Å²) in [5.41, 5.74) is 3.49. The van der Waals surface area contributed by atoms with Gasteiger partial charge in [0.2, 0.25) is 0 Å². The minimum atomic E-state index is -0.345. The van der Waals surface area contributed by atoms with Crippen molar-refractivity contribution in [2.75, 3.05) is 12.0 Å². The first-order valence-corrected chi connectivity index (χ1v) is 12.9. The quantitative estimate of drug-likeness (QED) is 0.283. The molecule has 5 rings (SSSR count). The Balaban J connectivity index is 1.32. The number of halogens is 1. The summed E-state index contributed by atoms with van der Waals surface area (Å²) in [5.74, 6) is 0.0343. The third-order valence-electron chi connectivity index (χ3n) is 6.20. The molecule has 4 aromatic rings. The Morgan fingerprint density at radius 3 is 2.39 bits per heavy atom. The van der Waals surface area contributed by atoms with Crippen molar-refractivity contribution in [1.82, 2.24) is 5.32 Å². The summed E-state index contributed by atoms with van der Waals surface area (Å²) in [6.45, 7) is 0.532. The first-order valence-electron chi connectivity index (χ1n) is 12.1. The molecule has 190 valence electrons. The van der Waals surface area contributed by atoms with Crippen LogP contribution in [0.25, 0.3) is 6.08 Å². The summed E-state index contributed by atoms with van der Waals surface area (Å²) in [7, 11) is 1.61. The Labute approximate surface area is 224 Å². The number of anilines is 1. The second-order valence-electron chi connectivity index (χ2n) is 8.71. The largest absolute Gasteiger partial charge is 0.497 e. The summed E-state index contributed by atoms with van der Waals surface area (Å²) < 4.78 is 19.5. The van der Waals surface area contributed by atoms with Crippen LogP contribution in [-0.2, 0) is 17.9 Å². The lowest BCUT2D eigenvalue weighted by Gasteiger charge is -2.30. The minimum Gasteiger partial charge on any atom is -0.497 e. The summed E-state index contributed by atoms with van der Waals surface area (Å²) >= 11 is 1.39. The van der Waals surface area contributed by atoms with Crippen molar-refractivity contribution in [2.24, 2.45) is 0 Å². The maximum Gasteiger partial charge on any atom is 0.265 e. The third kappa shape index (κ3) is 5.63. The lowest BCUT2D eigenvalue weighted by molar-refractivity contribution is -0.114. The van der Waals surface area contributed by atoms with Crippen molar-refractivity contribution < 1.29 is 18.7 Å². The van der Waals surface area contributed by atoms with Gasteiger partial charge in [0.05, 0.1) is 24.2 Å². The van der Waals surface area contributed by atoms with Crippen LogP contribution in [0.1, 0.15) is 27.0 Å². The van der Waals surface area contributed by atoms with Crippen molar-refractivity contribution in [3.05, 3.63) is 130 Å². The van der Waals surface area contributed by atoms with E-state index in [2.05, 4.69) is 5.32 Å². The Morgan fingerprint density at radius 1 is 0.947 bits per heavy atom. The zero-order valence-corrected chi connectivity index (χ0v) is 21.5. The predicted molar refractivity (Wildman–Crippen MR) is 148 cm³/mol. The van der Waals surface area contributed by atoms with Crippen LogP contribution >= 0.6 is 11.8 Å². The molecule has 7 heteroatoms. The molecule has 1 heterocycles. The highest BCUT2D eigenvalue weighted by Crippen LogP contribution is 2.42. The highest BCUT2D eigenvalue weighted by atomic mass is 32.2. The topological polar surface area (TPSA) is 58.6 Å². The molecule has 0 unspecified atom stereocenters. The van der Waals surface area contributed by atoms with Crippen LogP contribution < -0.4 is 15.0 Å². The number of hydrogen-bond donors (Lipinski definition) is 1. The number of rotatable bonds is 7. The molecule has 1 N–H and O–H groups in total. The SMILES string of the molecule is COc1ccc(CNC(=O)c2ccc(/C=C3\Sc4ccccc4N(Cc4ccccc4F)C3=O)cc2)cc1. The Bertz CT molecular complexity index is 1500. The molecule has 0 radical (unpaired) electrons. The molecule has 0 saturated carbocycles. The highest BCUT2D eigenvalue weighted by molar-refractivity contribution is 8.04. The molecule has 0 aliphatic carbocycles. The fraction of sp³-hybridized carbons (Fsp3) is 0.0968. The molecule has 1 aliphatic rings. The number of hydrogen-bond acceptors (Lipinski definition) is 4. The average Bonchev–Trinajstić information content (AvgIpc) is 2.95. The van der Waals surface area contributed by atoms with Gasteiger partial charge in [-0.25, -0.2) is 4.39 Å². The van der Waals surface area contributed by atoms with E-state index in [1.807, 2.05) is 60.7 Å². The number of ether oxygens (including phenoxy) is 1. The van der Waals surface area contributed by atoms with Gasteiger partial charge in [0.15, 0.2) is 0 Å². The molecule has 2 amide bonds. The lowest BCUT2D eigenvalue weighted by Crippen LogP contribution is -2.34. The van der Waals surface area contributed by atoms with Crippen LogP contribution in [0.3, 0.4) is 0 Å². The van der Waals surface area contributed by atoms with Crippen molar-refractivity contribution in [2.45, 2.75) is 18.0 Å². The molecule has 5 nitrogen and oxygen atoms in total. The van der Waals surface area contributed by atoms with Gasteiger partial charge >= 0.3 is 0 Å².